The van der Waals surface area contributed by atoms with E-state index in [1.54, 1.807) is 20.3 Å². The molecule has 1 N–H and O–H groups in total. The average molecular weight is 379 g/mol. The van der Waals surface area contributed by atoms with Crippen molar-refractivity contribution in [3.8, 4) is 28.4 Å². The van der Waals surface area contributed by atoms with E-state index in [9.17, 15) is 4.39 Å². The highest BCUT2D eigenvalue weighted by atomic mass is 19.1. The minimum atomic E-state index is -0.293. The van der Waals surface area contributed by atoms with Crippen LogP contribution in [0.1, 0.15) is 5.56 Å². The number of hydrogen-bond acceptors (Lipinski definition) is 4. The predicted octanol–water partition coefficient (Wildman–Crippen LogP) is 4.93. The third-order valence-electron chi connectivity index (χ3n) is 4.86. The van der Waals surface area contributed by atoms with Crippen molar-refractivity contribution >= 4 is 5.69 Å². The van der Waals surface area contributed by atoms with Crippen LogP contribution in [0.3, 0.4) is 0 Å². The summed E-state index contributed by atoms with van der Waals surface area (Å²) in [5, 5.41) is 3.37. The standard InChI is InChI=1S/C23H22FNO3/c1-26-21-10-6-9-19(23(21)27-2)20-13-16(24)11-15-12-18(28-22(15)20)14-25-17-7-4-3-5-8-17/h3-11,13,18,25H,12,14H2,1-2H3. The van der Waals surface area contributed by atoms with Gasteiger partial charge in [0.1, 0.15) is 17.7 Å². The number of nitrogens with one attached hydrogen (secondary N) is 1. The van der Waals surface area contributed by atoms with Crippen molar-refractivity contribution in [1.29, 1.82) is 0 Å². The first-order valence-electron chi connectivity index (χ1n) is 9.19. The Morgan fingerprint density at radius 1 is 1.00 bits per heavy atom. The van der Waals surface area contributed by atoms with Crippen molar-refractivity contribution in [3.05, 3.63) is 72.0 Å². The van der Waals surface area contributed by atoms with Crippen molar-refractivity contribution in [2.45, 2.75) is 12.5 Å². The Morgan fingerprint density at radius 2 is 1.82 bits per heavy atom. The van der Waals surface area contributed by atoms with Crippen LogP contribution in [0.4, 0.5) is 10.1 Å². The number of benzene rings is 3. The highest BCUT2D eigenvalue weighted by Crippen LogP contribution is 2.45. The van der Waals surface area contributed by atoms with Gasteiger partial charge in [0.15, 0.2) is 11.5 Å². The Bertz CT molecular complexity index is 975. The third-order valence-corrected chi connectivity index (χ3v) is 4.86. The van der Waals surface area contributed by atoms with E-state index in [0.717, 1.165) is 16.8 Å². The van der Waals surface area contributed by atoms with Crippen LogP contribution in [0.5, 0.6) is 17.2 Å². The largest absolute Gasteiger partial charge is 0.493 e. The van der Waals surface area contributed by atoms with Crippen molar-refractivity contribution in [2.24, 2.45) is 0 Å². The molecule has 0 amide bonds. The molecule has 0 saturated heterocycles. The van der Waals surface area contributed by atoms with Crippen LogP contribution < -0.4 is 19.5 Å². The summed E-state index contributed by atoms with van der Waals surface area (Å²) >= 11 is 0. The van der Waals surface area contributed by atoms with Crippen LogP contribution in [-0.4, -0.2) is 26.9 Å². The third kappa shape index (κ3) is 3.48. The molecule has 4 nitrogen and oxygen atoms in total. The summed E-state index contributed by atoms with van der Waals surface area (Å²) in [6.07, 6.45) is 0.569. The van der Waals surface area contributed by atoms with E-state index in [0.29, 0.717) is 35.8 Å². The Kier molecular flexibility index (Phi) is 5.06. The first-order chi connectivity index (χ1) is 13.7. The molecule has 144 valence electrons. The molecule has 1 aliphatic rings. The maximum Gasteiger partial charge on any atom is 0.168 e. The molecule has 1 aliphatic heterocycles. The Morgan fingerprint density at radius 3 is 2.57 bits per heavy atom. The SMILES string of the molecule is COc1cccc(-c2cc(F)cc3c2OC(CNc2ccccc2)C3)c1OC. The zero-order valence-electron chi connectivity index (χ0n) is 15.9. The fourth-order valence-electron chi connectivity index (χ4n) is 3.60. The van der Waals surface area contributed by atoms with E-state index in [2.05, 4.69) is 5.32 Å². The molecule has 0 aromatic heterocycles. The van der Waals surface area contributed by atoms with Crippen molar-refractivity contribution in [1.82, 2.24) is 0 Å². The maximum absolute atomic E-state index is 14.4. The molecule has 1 atom stereocenters. The second kappa shape index (κ2) is 7.80. The van der Waals surface area contributed by atoms with Crippen LogP contribution in [0.2, 0.25) is 0 Å². The van der Waals surface area contributed by atoms with Gasteiger partial charge in [-0.3, -0.25) is 0 Å². The highest BCUT2D eigenvalue weighted by Gasteiger charge is 2.28. The van der Waals surface area contributed by atoms with Crippen molar-refractivity contribution in [3.63, 3.8) is 0 Å². The summed E-state index contributed by atoms with van der Waals surface area (Å²) in [4.78, 5) is 0. The number of ether oxygens (including phenoxy) is 3. The van der Waals surface area contributed by atoms with E-state index >= 15 is 0 Å². The molecule has 0 aliphatic carbocycles. The summed E-state index contributed by atoms with van der Waals surface area (Å²) in [5.41, 5.74) is 3.31. The smallest absolute Gasteiger partial charge is 0.168 e. The molecule has 1 unspecified atom stereocenters. The summed E-state index contributed by atoms with van der Waals surface area (Å²) in [6.45, 7) is 0.634. The highest BCUT2D eigenvalue weighted by molar-refractivity contribution is 5.80. The van der Waals surface area contributed by atoms with Gasteiger partial charge in [-0.1, -0.05) is 30.3 Å². The first kappa shape index (κ1) is 18.2. The second-order valence-corrected chi connectivity index (χ2v) is 6.67. The van der Waals surface area contributed by atoms with Crippen LogP contribution in [0.15, 0.2) is 60.7 Å². The lowest BCUT2D eigenvalue weighted by molar-refractivity contribution is 0.247. The Balaban J connectivity index is 1.64. The zero-order chi connectivity index (χ0) is 19.5. The fourth-order valence-corrected chi connectivity index (χ4v) is 3.60. The molecule has 4 rings (SSSR count). The number of rotatable bonds is 6. The van der Waals surface area contributed by atoms with E-state index in [1.165, 1.54) is 6.07 Å². The van der Waals surface area contributed by atoms with E-state index in [1.807, 2.05) is 48.5 Å². The van der Waals surface area contributed by atoms with E-state index in [4.69, 9.17) is 14.2 Å². The van der Waals surface area contributed by atoms with Crippen molar-refractivity contribution < 1.29 is 18.6 Å². The van der Waals surface area contributed by atoms with Crippen LogP contribution >= 0.6 is 0 Å². The van der Waals surface area contributed by atoms with Gasteiger partial charge in [-0.25, -0.2) is 4.39 Å². The number of halogens is 1. The second-order valence-electron chi connectivity index (χ2n) is 6.67. The average Bonchev–Trinajstić information content (AvgIpc) is 3.14. The molecule has 0 spiro atoms. The molecule has 3 aromatic carbocycles. The number of anilines is 1. The summed E-state index contributed by atoms with van der Waals surface area (Å²) in [7, 11) is 3.16. The Hall–Kier alpha value is -3.21. The van der Waals surface area contributed by atoms with Crippen LogP contribution in [0.25, 0.3) is 11.1 Å². The summed E-state index contributed by atoms with van der Waals surface area (Å²) in [6, 6.07) is 18.6. The molecular weight excluding hydrogens is 357 g/mol. The van der Waals surface area contributed by atoms with Gasteiger partial charge in [-0.2, -0.15) is 0 Å². The minimum absolute atomic E-state index is 0.0765. The van der Waals surface area contributed by atoms with Gasteiger partial charge in [-0.05, 0) is 30.3 Å². The molecule has 0 bridgehead atoms. The van der Waals surface area contributed by atoms with Crippen molar-refractivity contribution in [2.75, 3.05) is 26.1 Å². The topological polar surface area (TPSA) is 39.7 Å². The van der Waals surface area contributed by atoms with Gasteiger partial charge in [-0.15, -0.1) is 0 Å². The normalized spacial score (nSPS) is 14.9. The van der Waals surface area contributed by atoms with Gasteiger partial charge < -0.3 is 19.5 Å². The van der Waals surface area contributed by atoms with Crippen LogP contribution in [0, 0.1) is 5.82 Å². The van der Waals surface area contributed by atoms with Gasteiger partial charge >= 0.3 is 0 Å². The minimum Gasteiger partial charge on any atom is -0.493 e. The summed E-state index contributed by atoms with van der Waals surface area (Å²) < 4.78 is 31.5. The lowest BCUT2D eigenvalue weighted by atomic mass is 9.99. The molecule has 0 radical (unpaired) electrons. The molecule has 0 fully saturated rings. The molecule has 28 heavy (non-hydrogen) atoms. The van der Waals surface area contributed by atoms with Gasteiger partial charge in [0.05, 0.1) is 20.8 Å². The Labute approximate surface area is 163 Å². The van der Waals surface area contributed by atoms with Gasteiger partial charge in [0, 0.05) is 28.8 Å². The first-order valence-corrected chi connectivity index (χ1v) is 9.19. The fraction of sp³-hybridized carbons (Fsp3) is 0.217. The maximum atomic E-state index is 14.4. The number of fused-ring (bicyclic) bond motifs is 1. The van der Waals surface area contributed by atoms with Crippen LogP contribution in [-0.2, 0) is 6.42 Å². The monoisotopic (exact) mass is 379 g/mol. The molecule has 3 aromatic rings. The number of para-hydroxylation sites is 2. The number of methoxy groups -OCH3 is 2. The molecular formula is C23H22FNO3. The lowest BCUT2D eigenvalue weighted by Gasteiger charge is -2.16. The lowest BCUT2D eigenvalue weighted by Crippen LogP contribution is -2.23. The predicted molar refractivity (Wildman–Crippen MR) is 108 cm³/mol. The van der Waals surface area contributed by atoms with E-state index in [-0.39, 0.29) is 11.9 Å². The van der Waals surface area contributed by atoms with E-state index < -0.39 is 0 Å². The molecule has 1 heterocycles. The van der Waals surface area contributed by atoms with Gasteiger partial charge in [0.25, 0.3) is 0 Å². The number of hydrogen-bond donors (Lipinski definition) is 1. The zero-order valence-corrected chi connectivity index (χ0v) is 15.9. The summed E-state index contributed by atoms with van der Waals surface area (Å²) in [5.74, 6) is 1.57. The molecule has 5 heteroatoms. The quantitative estimate of drug-likeness (QED) is 0.660. The van der Waals surface area contributed by atoms with Gasteiger partial charge in [0.2, 0.25) is 0 Å². The molecule has 0 saturated carbocycles.